The molecule has 0 bridgehead atoms. The van der Waals surface area contributed by atoms with Crippen LogP contribution in [0.5, 0.6) is 0 Å². The monoisotopic (exact) mass is 273 g/mol. The van der Waals surface area contributed by atoms with Gasteiger partial charge in [0.1, 0.15) is 5.82 Å². The lowest BCUT2D eigenvalue weighted by atomic mass is 10.1. The summed E-state index contributed by atoms with van der Waals surface area (Å²) in [7, 11) is 0. The Balaban J connectivity index is 3.22. The standard InChI is InChI=1S/C13H11F4NO/c1-3-8-18(4-2)12(19)9-6-5-7-10(11(9)14)13(15,16)17/h1,5-7H,4,8H2,2H3. The van der Waals surface area contributed by atoms with Crippen LogP contribution < -0.4 is 0 Å². The Morgan fingerprint density at radius 3 is 2.53 bits per heavy atom. The van der Waals surface area contributed by atoms with Crippen molar-refractivity contribution in [1.82, 2.24) is 4.90 Å². The van der Waals surface area contributed by atoms with Crippen molar-refractivity contribution in [1.29, 1.82) is 0 Å². The van der Waals surface area contributed by atoms with E-state index in [1.54, 1.807) is 6.92 Å². The first-order valence-corrected chi connectivity index (χ1v) is 5.41. The van der Waals surface area contributed by atoms with E-state index in [-0.39, 0.29) is 13.1 Å². The topological polar surface area (TPSA) is 20.3 Å². The Bertz CT molecular complexity index is 516. The van der Waals surface area contributed by atoms with E-state index in [2.05, 4.69) is 5.92 Å². The minimum Gasteiger partial charge on any atom is -0.328 e. The van der Waals surface area contributed by atoms with Crippen LogP contribution in [-0.2, 0) is 6.18 Å². The molecule has 0 aromatic heterocycles. The van der Waals surface area contributed by atoms with Crippen LogP contribution >= 0.6 is 0 Å². The predicted octanol–water partition coefficient (Wildman–Crippen LogP) is 2.94. The fourth-order valence-electron chi connectivity index (χ4n) is 1.52. The van der Waals surface area contributed by atoms with Crippen LogP contribution in [0.3, 0.4) is 0 Å². The molecule has 19 heavy (non-hydrogen) atoms. The second kappa shape index (κ2) is 5.74. The summed E-state index contributed by atoms with van der Waals surface area (Å²) >= 11 is 0. The van der Waals surface area contributed by atoms with E-state index in [0.29, 0.717) is 6.07 Å². The molecule has 1 amide bonds. The van der Waals surface area contributed by atoms with E-state index < -0.39 is 29.0 Å². The molecule has 0 spiro atoms. The van der Waals surface area contributed by atoms with E-state index >= 15 is 0 Å². The molecule has 0 radical (unpaired) electrons. The van der Waals surface area contributed by atoms with E-state index in [4.69, 9.17) is 6.42 Å². The molecule has 1 rings (SSSR count). The van der Waals surface area contributed by atoms with Crippen molar-refractivity contribution < 1.29 is 22.4 Å². The molecule has 0 unspecified atom stereocenters. The molecule has 6 heteroatoms. The highest BCUT2D eigenvalue weighted by Gasteiger charge is 2.36. The fourth-order valence-corrected chi connectivity index (χ4v) is 1.52. The maximum absolute atomic E-state index is 13.7. The van der Waals surface area contributed by atoms with E-state index in [1.165, 1.54) is 0 Å². The zero-order valence-electron chi connectivity index (χ0n) is 10.1. The zero-order valence-corrected chi connectivity index (χ0v) is 10.1. The van der Waals surface area contributed by atoms with Crippen LogP contribution in [0.1, 0.15) is 22.8 Å². The number of amides is 1. The summed E-state index contributed by atoms with van der Waals surface area (Å²) in [4.78, 5) is 13.0. The van der Waals surface area contributed by atoms with Gasteiger partial charge in [0.15, 0.2) is 0 Å². The Hall–Kier alpha value is -2.03. The Morgan fingerprint density at radius 1 is 1.42 bits per heavy atom. The number of hydrogen-bond acceptors (Lipinski definition) is 1. The lowest BCUT2D eigenvalue weighted by Crippen LogP contribution is -2.32. The number of carbonyl (C=O) groups is 1. The van der Waals surface area contributed by atoms with E-state index in [0.717, 1.165) is 17.0 Å². The molecule has 1 aromatic carbocycles. The second-order valence-corrected chi connectivity index (χ2v) is 3.69. The zero-order chi connectivity index (χ0) is 14.6. The minimum atomic E-state index is -4.84. The molecular formula is C13H11F4NO. The first-order valence-electron chi connectivity index (χ1n) is 5.41. The van der Waals surface area contributed by atoms with Crippen molar-refractivity contribution in [2.45, 2.75) is 13.1 Å². The number of carbonyl (C=O) groups excluding carboxylic acids is 1. The average Bonchev–Trinajstić information content (AvgIpc) is 2.34. The summed E-state index contributed by atoms with van der Waals surface area (Å²) in [5, 5.41) is 0. The number of halogens is 4. The number of hydrogen-bond donors (Lipinski definition) is 0. The molecule has 0 aliphatic carbocycles. The van der Waals surface area contributed by atoms with Crippen molar-refractivity contribution in [3.05, 3.63) is 35.1 Å². The highest BCUT2D eigenvalue weighted by Crippen LogP contribution is 2.32. The number of nitrogens with zero attached hydrogens (tertiary/aromatic N) is 1. The maximum atomic E-state index is 13.7. The van der Waals surface area contributed by atoms with Crippen molar-refractivity contribution in [2.24, 2.45) is 0 Å². The van der Waals surface area contributed by atoms with Crippen molar-refractivity contribution in [3.8, 4) is 12.3 Å². The molecular weight excluding hydrogens is 262 g/mol. The van der Waals surface area contributed by atoms with E-state index in [9.17, 15) is 22.4 Å². The molecule has 0 aliphatic rings. The summed E-state index contributed by atoms with van der Waals surface area (Å²) < 4.78 is 51.3. The molecule has 0 saturated carbocycles. The molecule has 0 N–H and O–H groups in total. The first-order chi connectivity index (χ1) is 8.82. The van der Waals surface area contributed by atoms with Gasteiger partial charge in [-0.25, -0.2) is 4.39 Å². The smallest absolute Gasteiger partial charge is 0.328 e. The highest BCUT2D eigenvalue weighted by molar-refractivity contribution is 5.94. The van der Waals surface area contributed by atoms with Gasteiger partial charge in [-0.15, -0.1) is 6.42 Å². The van der Waals surface area contributed by atoms with Crippen LogP contribution in [0.2, 0.25) is 0 Å². The molecule has 0 saturated heterocycles. The van der Waals surface area contributed by atoms with Gasteiger partial charge in [-0.05, 0) is 19.1 Å². The predicted molar refractivity (Wildman–Crippen MR) is 61.8 cm³/mol. The fraction of sp³-hybridized carbons (Fsp3) is 0.308. The van der Waals surface area contributed by atoms with Crippen LogP contribution in [0.15, 0.2) is 18.2 Å². The number of rotatable bonds is 3. The van der Waals surface area contributed by atoms with E-state index in [1.807, 2.05) is 0 Å². The van der Waals surface area contributed by atoms with Crippen molar-refractivity contribution >= 4 is 5.91 Å². The van der Waals surface area contributed by atoms with Gasteiger partial charge in [-0.3, -0.25) is 4.79 Å². The molecule has 0 heterocycles. The lowest BCUT2D eigenvalue weighted by Gasteiger charge is -2.19. The van der Waals surface area contributed by atoms with Crippen LogP contribution in [0, 0.1) is 18.2 Å². The Kier molecular flexibility index (Phi) is 4.54. The normalized spacial score (nSPS) is 10.9. The summed E-state index contributed by atoms with van der Waals surface area (Å²) in [6.07, 6.45) is 0.197. The lowest BCUT2D eigenvalue weighted by molar-refractivity contribution is -0.140. The third kappa shape index (κ3) is 3.25. The maximum Gasteiger partial charge on any atom is 0.419 e. The van der Waals surface area contributed by atoms with Crippen molar-refractivity contribution in [3.63, 3.8) is 0 Å². The number of benzene rings is 1. The van der Waals surface area contributed by atoms with Gasteiger partial charge >= 0.3 is 6.18 Å². The van der Waals surface area contributed by atoms with Crippen LogP contribution in [0.4, 0.5) is 17.6 Å². The Labute approximate surface area is 108 Å². The SMILES string of the molecule is C#CCN(CC)C(=O)c1cccc(C(F)(F)F)c1F. The van der Waals surface area contributed by atoms with Gasteiger partial charge in [0.2, 0.25) is 0 Å². The molecule has 1 aromatic rings. The van der Waals surface area contributed by atoms with Crippen LogP contribution in [0.25, 0.3) is 0 Å². The summed E-state index contributed by atoms with van der Waals surface area (Å²) in [6, 6.07) is 2.58. The number of alkyl halides is 3. The first kappa shape index (κ1) is 15.0. The quantitative estimate of drug-likeness (QED) is 0.612. The third-order valence-electron chi connectivity index (χ3n) is 2.49. The molecule has 2 nitrogen and oxygen atoms in total. The van der Waals surface area contributed by atoms with Gasteiger partial charge in [0.25, 0.3) is 5.91 Å². The average molecular weight is 273 g/mol. The van der Waals surface area contributed by atoms with Gasteiger partial charge in [0.05, 0.1) is 17.7 Å². The van der Waals surface area contributed by atoms with Crippen molar-refractivity contribution in [2.75, 3.05) is 13.1 Å². The summed E-state index contributed by atoms with van der Waals surface area (Å²) in [6.45, 7) is 1.69. The van der Waals surface area contributed by atoms with Gasteiger partial charge in [-0.1, -0.05) is 12.0 Å². The molecule has 0 fully saturated rings. The van der Waals surface area contributed by atoms with Gasteiger partial charge < -0.3 is 4.90 Å². The second-order valence-electron chi connectivity index (χ2n) is 3.69. The minimum absolute atomic E-state index is 0.0922. The summed E-state index contributed by atoms with van der Waals surface area (Å²) in [5.74, 6) is -0.237. The number of terminal acetylenes is 1. The third-order valence-corrected chi connectivity index (χ3v) is 2.49. The Morgan fingerprint density at radius 2 is 2.05 bits per heavy atom. The summed E-state index contributed by atoms with van der Waals surface area (Å²) in [5.41, 5.74) is -2.10. The largest absolute Gasteiger partial charge is 0.419 e. The molecule has 102 valence electrons. The van der Waals surface area contributed by atoms with Gasteiger partial charge in [0, 0.05) is 6.54 Å². The van der Waals surface area contributed by atoms with Crippen LogP contribution in [-0.4, -0.2) is 23.9 Å². The van der Waals surface area contributed by atoms with Gasteiger partial charge in [-0.2, -0.15) is 13.2 Å². The molecule has 0 atom stereocenters. The molecule has 0 aliphatic heterocycles. The highest BCUT2D eigenvalue weighted by atomic mass is 19.4.